The van der Waals surface area contributed by atoms with Crippen molar-refractivity contribution in [2.45, 2.75) is 244 Å². The molecular weight excluding hydrogens is 783 g/mol. The Morgan fingerprint density at radius 3 is 1.09 bits per heavy atom. The van der Waals surface area contributed by atoms with E-state index in [2.05, 4.69) is 129 Å². The van der Waals surface area contributed by atoms with Crippen molar-refractivity contribution in [3.05, 3.63) is 122 Å². The Balaban J connectivity index is 3.68. The number of rotatable bonds is 47. The number of aliphatic hydroxyl groups is 2. The third-order valence-electron chi connectivity index (χ3n) is 11.4. The molecule has 364 valence electrons. The average molecular weight is 884 g/mol. The number of carbonyl (C=O) groups excluding carboxylic acids is 1. The summed E-state index contributed by atoms with van der Waals surface area (Å²) < 4.78 is 0. The van der Waals surface area contributed by atoms with Gasteiger partial charge in [0.05, 0.1) is 18.8 Å². The maximum absolute atomic E-state index is 12.5. The molecule has 64 heavy (non-hydrogen) atoms. The molecule has 1 amide bonds. The quantitative estimate of drug-likeness (QED) is 0.0421. The van der Waals surface area contributed by atoms with E-state index in [1.807, 2.05) is 6.08 Å². The Bertz CT molecular complexity index is 1280. The number of nitrogens with one attached hydrogen (secondary N) is 1. The summed E-state index contributed by atoms with van der Waals surface area (Å²) in [4.78, 5) is 12.5. The van der Waals surface area contributed by atoms with Gasteiger partial charge in [0.2, 0.25) is 5.91 Å². The molecular formula is C60H101NO3. The topological polar surface area (TPSA) is 69.6 Å². The molecule has 0 aromatic rings. The Kier molecular flexibility index (Phi) is 51.4. The highest BCUT2D eigenvalue weighted by Crippen LogP contribution is 2.14. The van der Waals surface area contributed by atoms with Crippen molar-refractivity contribution in [2.24, 2.45) is 0 Å². The third kappa shape index (κ3) is 49.8. The number of allylic oxidation sites excluding steroid dienone is 19. The van der Waals surface area contributed by atoms with Gasteiger partial charge in [-0.15, -0.1) is 0 Å². The fourth-order valence-corrected chi connectivity index (χ4v) is 7.39. The lowest BCUT2D eigenvalue weighted by Crippen LogP contribution is -2.45. The van der Waals surface area contributed by atoms with Crippen LogP contribution in [0, 0.1) is 0 Å². The van der Waals surface area contributed by atoms with E-state index in [0.717, 1.165) is 96.3 Å². The largest absolute Gasteiger partial charge is 0.394 e. The molecule has 0 aliphatic rings. The first-order chi connectivity index (χ1) is 31.7. The number of amides is 1. The predicted molar refractivity (Wildman–Crippen MR) is 285 cm³/mol. The van der Waals surface area contributed by atoms with Crippen LogP contribution in [0.25, 0.3) is 0 Å². The molecule has 0 spiro atoms. The molecule has 0 bridgehead atoms. The van der Waals surface area contributed by atoms with Crippen LogP contribution in [0.1, 0.15) is 232 Å². The summed E-state index contributed by atoms with van der Waals surface area (Å²) in [5.41, 5.74) is 0. The lowest BCUT2D eigenvalue weighted by Gasteiger charge is -2.19. The van der Waals surface area contributed by atoms with Gasteiger partial charge < -0.3 is 15.5 Å². The number of unbranched alkanes of at least 4 members (excludes halogenated alkanes) is 22. The Hall–Kier alpha value is -3.21. The van der Waals surface area contributed by atoms with Crippen molar-refractivity contribution in [3.63, 3.8) is 0 Å². The minimum Gasteiger partial charge on any atom is -0.394 e. The van der Waals surface area contributed by atoms with Crippen LogP contribution >= 0.6 is 0 Å². The van der Waals surface area contributed by atoms with Gasteiger partial charge in [0.15, 0.2) is 0 Å². The summed E-state index contributed by atoms with van der Waals surface area (Å²) in [6.07, 6.45) is 83.3. The highest BCUT2D eigenvalue weighted by atomic mass is 16.3. The fourth-order valence-electron chi connectivity index (χ4n) is 7.39. The first-order valence-corrected chi connectivity index (χ1v) is 26.7. The molecule has 0 radical (unpaired) electrons. The van der Waals surface area contributed by atoms with Gasteiger partial charge >= 0.3 is 0 Å². The third-order valence-corrected chi connectivity index (χ3v) is 11.4. The van der Waals surface area contributed by atoms with E-state index in [0.29, 0.717) is 6.42 Å². The number of hydrogen-bond donors (Lipinski definition) is 3. The second-order valence-electron chi connectivity index (χ2n) is 17.6. The molecule has 0 saturated carbocycles. The minimum atomic E-state index is -0.878. The fraction of sp³-hybridized carbons (Fsp3) is 0.650. The van der Waals surface area contributed by atoms with E-state index in [4.69, 9.17) is 0 Å². The van der Waals surface area contributed by atoms with Gasteiger partial charge in [0.1, 0.15) is 0 Å². The van der Waals surface area contributed by atoms with E-state index in [1.165, 1.54) is 116 Å². The van der Waals surface area contributed by atoms with E-state index >= 15 is 0 Å². The van der Waals surface area contributed by atoms with Crippen molar-refractivity contribution in [1.29, 1.82) is 0 Å². The normalized spacial score (nSPS) is 13.9. The van der Waals surface area contributed by atoms with Gasteiger partial charge in [-0.1, -0.05) is 251 Å². The SMILES string of the molecule is CC/C=C\C/C=C\C/C=C\C/C=C\C/C=C\C/C=C\C/C=C\C/C=C\CCCCCCCCC(=O)NC(CO)C(O)/C=C/CC/C=C/CCCCCCCCCCCCCCCCC. The van der Waals surface area contributed by atoms with Crippen LogP contribution in [0.2, 0.25) is 0 Å². The van der Waals surface area contributed by atoms with Gasteiger partial charge in [0, 0.05) is 6.42 Å². The van der Waals surface area contributed by atoms with Crippen molar-refractivity contribution < 1.29 is 15.0 Å². The highest BCUT2D eigenvalue weighted by Gasteiger charge is 2.17. The van der Waals surface area contributed by atoms with E-state index in [9.17, 15) is 15.0 Å². The van der Waals surface area contributed by atoms with E-state index in [-0.39, 0.29) is 12.5 Å². The van der Waals surface area contributed by atoms with Crippen LogP contribution < -0.4 is 5.32 Å². The molecule has 2 unspecified atom stereocenters. The minimum absolute atomic E-state index is 0.0928. The smallest absolute Gasteiger partial charge is 0.220 e. The summed E-state index contributed by atoms with van der Waals surface area (Å²) in [6, 6.07) is -0.657. The van der Waals surface area contributed by atoms with Crippen LogP contribution in [0.4, 0.5) is 0 Å². The predicted octanol–water partition coefficient (Wildman–Crippen LogP) is 17.7. The lowest BCUT2D eigenvalue weighted by molar-refractivity contribution is -0.123. The van der Waals surface area contributed by atoms with Crippen LogP contribution in [0.5, 0.6) is 0 Å². The maximum Gasteiger partial charge on any atom is 0.220 e. The summed E-state index contributed by atoms with van der Waals surface area (Å²) in [5, 5.41) is 23.1. The number of carbonyl (C=O) groups is 1. The van der Waals surface area contributed by atoms with Crippen molar-refractivity contribution >= 4 is 5.91 Å². The van der Waals surface area contributed by atoms with Crippen LogP contribution in [-0.2, 0) is 4.79 Å². The number of aliphatic hydroxyl groups excluding tert-OH is 2. The molecule has 0 aliphatic heterocycles. The molecule has 0 rings (SSSR count). The maximum atomic E-state index is 12.5. The van der Waals surface area contributed by atoms with Gasteiger partial charge in [-0.25, -0.2) is 0 Å². The zero-order chi connectivity index (χ0) is 46.3. The van der Waals surface area contributed by atoms with Crippen molar-refractivity contribution in [1.82, 2.24) is 5.32 Å². The van der Waals surface area contributed by atoms with Gasteiger partial charge in [-0.2, -0.15) is 0 Å². The highest BCUT2D eigenvalue weighted by molar-refractivity contribution is 5.76. The van der Waals surface area contributed by atoms with E-state index in [1.54, 1.807) is 6.08 Å². The standard InChI is InChI=1S/C60H101NO3/c1-3-5-7-9-11-13-15-17-19-21-23-25-26-27-28-29-30-31-32-33-34-36-38-40-42-44-46-48-50-52-54-56-60(64)61-58(57-62)59(63)55-53-51-49-47-45-43-41-39-37-35-24-22-20-18-16-14-12-10-8-6-4-2/h5,7,11,13,17,19,23,25,27-28,30-31,33-34,38,40,45,47,53,55,58-59,62-63H,3-4,6,8-10,12,14-16,18,20-22,24,26,29,32,35-37,39,41-44,46,48-52,54,56-57H2,1-2H3,(H,61,64)/b7-5-,13-11-,19-17-,25-23-,28-27-,31-30-,34-33-,40-38-,47-45+,55-53+. The lowest BCUT2D eigenvalue weighted by atomic mass is 10.0. The zero-order valence-corrected chi connectivity index (χ0v) is 41.8. The molecule has 0 aromatic heterocycles. The monoisotopic (exact) mass is 884 g/mol. The summed E-state index contributed by atoms with van der Waals surface area (Å²) >= 11 is 0. The molecule has 3 N–H and O–H groups in total. The molecule has 0 aromatic carbocycles. The zero-order valence-electron chi connectivity index (χ0n) is 41.8. The second kappa shape index (κ2) is 54.1. The molecule has 0 aliphatic carbocycles. The van der Waals surface area contributed by atoms with Crippen LogP contribution in [0.3, 0.4) is 0 Å². The summed E-state index contributed by atoms with van der Waals surface area (Å²) in [6.45, 7) is 4.18. The summed E-state index contributed by atoms with van der Waals surface area (Å²) in [7, 11) is 0. The number of hydrogen-bond acceptors (Lipinski definition) is 3. The first-order valence-electron chi connectivity index (χ1n) is 26.7. The Labute approximate surface area is 397 Å². The molecule has 4 heteroatoms. The average Bonchev–Trinajstić information content (AvgIpc) is 3.30. The molecule has 0 fully saturated rings. The van der Waals surface area contributed by atoms with Gasteiger partial charge in [0.25, 0.3) is 0 Å². The second-order valence-corrected chi connectivity index (χ2v) is 17.6. The van der Waals surface area contributed by atoms with Gasteiger partial charge in [-0.05, 0) is 96.3 Å². The molecule has 0 heterocycles. The first kappa shape index (κ1) is 60.8. The Morgan fingerprint density at radius 1 is 0.391 bits per heavy atom. The van der Waals surface area contributed by atoms with Crippen molar-refractivity contribution in [2.75, 3.05) is 6.61 Å². The molecule has 2 atom stereocenters. The van der Waals surface area contributed by atoms with Gasteiger partial charge in [-0.3, -0.25) is 4.79 Å². The van der Waals surface area contributed by atoms with E-state index < -0.39 is 12.1 Å². The van der Waals surface area contributed by atoms with Crippen LogP contribution in [0.15, 0.2) is 122 Å². The Morgan fingerprint density at radius 2 is 0.703 bits per heavy atom. The van der Waals surface area contributed by atoms with Crippen LogP contribution in [-0.4, -0.2) is 34.9 Å². The molecule has 0 saturated heterocycles. The van der Waals surface area contributed by atoms with Crippen molar-refractivity contribution in [3.8, 4) is 0 Å². The molecule has 4 nitrogen and oxygen atoms in total. The summed E-state index contributed by atoms with van der Waals surface area (Å²) in [5.74, 6) is -0.0928.